The van der Waals surface area contributed by atoms with Gasteiger partial charge in [-0.15, -0.1) is 0 Å². The Balaban J connectivity index is 2.41. The van der Waals surface area contributed by atoms with Crippen LogP contribution in [0.2, 0.25) is 0 Å². The van der Waals surface area contributed by atoms with E-state index >= 15 is 0 Å². The van der Waals surface area contributed by atoms with Crippen molar-refractivity contribution < 1.29 is 19.1 Å². The second kappa shape index (κ2) is 7.21. The van der Waals surface area contributed by atoms with Crippen molar-refractivity contribution >= 4 is 18.0 Å². The largest absolute Gasteiger partial charge is 0.421 e. The van der Waals surface area contributed by atoms with E-state index in [1.807, 2.05) is 12.2 Å². The highest BCUT2D eigenvalue weighted by molar-refractivity contribution is 6.04. The molecule has 0 radical (unpaired) electrons. The highest BCUT2D eigenvalue weighted by Gasteiger charge is 2.14. The maximum Gasteiger partial charge on any atom is 0.421 e. The van der Waals surface area contributed by atoms with E-state index in [1.54, 1.807) is 30.3 Å². The second-order valence-corrected chi connectivity index (χ2v) is 3.69. The topological polar surface area (TPSA) is 72.5 Å². The minimum Gasteiger partial charge on any atom is -0.376 e. The molecule has 0 atom stereocenters. The second-order valence-electron chi connectivity index (χ2n) is 3.69. The molecule has 0 spiro atoms. The highest BCUT2D eigenvalue weighted by Crippen LogP contribution is 1.99. The lowest BCUT2D eigenvalue weighted by Crippen LogP contribution is -2.32. The molecule has 0 unspecified atom stereocenters. The monoisotopic (exact) mass is 249 g/mol. The van der Waals surface area contributed by atoms with Crippen molar-refractivity contribution in [1.29, 1.82) is 0 Å². The van der Waals surface area contributed by atoms with Gasteiger partial charge in [-0.25, -0.2) is 4.79 Å². The molecule has 1 aromatic rings. The number of unbranched alkanes of at least 4 members (excludes halogenated alkanes) is 1. The molecule has 5 nitrogen and oxygen atoms in total. The zero-order valence-electron chi connectivity index (χ0n) is 10.1. The number of rotatable bonds is 4. The van der Waals surface area contributed by atoms with Crippen molar-refractivity contribution in [2.24, 2.45) is 0 Å². The highest BCUT2D eigenvalue weighted by atomic mass is 16.6. The molecule has 0 saturated heterocycles. The molecular formula is C13H15NO4. The molecule has 1 N–H and O–H groups in total. The van der Waals surface area contributed by atoms with Crippen LogP contribution < -0.4 is 5.32 Å². The van der Waals surface area contributed by atoms with Gasteiger partial charge in [-0.05, 0) is 18.6 Å². The van der Waals surface area contributed by atoms with Gasteiger partial charge >= 0.3 is 12.1 Å². The van der Waals surface area contributed by atoms with Crippen molar-refractivity contribution in [2.75, 3.05) is 0 Å². The lowest BCUT2D eigenvalue weighted by atomic mass is 10.2. The fourth-order valence-corrected chi connectivity index (χ4v) is 1.26. The van der Waals surface area contributed by atoms with E-state index in [0.717, 1.165) is 6.42 Å². The first-order chi connectivity index (χ1) is 8.63. The van der Waals surface area contributed by atoms with Crippen molar-refractivity contribution in [1.82, 2.24) is 5.32 Å². The number of nitrogens with one attached hydrogen (secondary N) is 1. The van der Waals surface area contributed by atoms with Crippen LogP contribution in [0.25, 0.3) is 0 Å². The molecule has 0 heterocycles. The van der Waals surface area contributed by atoms with Crippen molar-refractivity contribution in [3.8, 4) is 0 Å². The van der Waals surface area contributed by atoms with Gasteiger partial charge in [0.25, 0.3) is 5.91 Å². The summed E-state index contributed by atoms with van der Waals surface area (Å²) in [7, 11) is 0. The first-order valence-corrected chi connectivity index (χ1v) is 5.74. The zero-order chi connectivity index (χ0) is 13.4. The van der Waals surface area contributed by atoms with Crippen LogP contribution in [-0.4, -0.2) is 18.0 Å². The molecular weight excluding hydrogens is 234 g/mol. The van der Waals surface area contributed by atoms with E-state index in [4.69, 9.17) is 0 Å². The maximum absolute atomic E-state index is 11.5. The number of imide groups is 1. The van der Waals surface area contributed by atoms with Crippen molar-refractivity contribution in [3.05, 3.63) is 35.9 Å². The zero-order valence-corrected chi connectivity index (χ0v) is 10.1. The molecule has 5 heteroatoms. The fourth-order valence-electron chi connectivity index (χ4n) is 1.26. The van der Waals surface area contributed by atoms with Crippen LogP contribution in [0.4, 0.5) is 4.79 Å². The summed E-state index contributed by atoms with van der Waals surface area (Å²) in [6.45, 7) is 1.92. The summed E-state index contributed by atoms with van der Waals surface area (Å²) < 4.78 is 4.43. The van der Waals surface area contributed by atoms with Gasteiger partial charge in [-0.2, -0.15) is 0 Å². The lowest BCUT2D eigenvalue weighted by molar-refractivity contribution is -0.137. The van der Waals surface area contributed by atoms with E-state index in [-0.39, 0.29) is 6.42 Å². The van der Waals surface area contributed by atoms with E-state index in [1.165, 1.54) is 0 Å². The van der Waals surface area contributed by atoms with Gasteiger partial charge in [-0.1, -0.05) is 31.5 Å². The van der Waals surface area contributed by atoms with Crippen LogP contribution in [0.3, 0.4) is 0 Å². The van der Waals surface area contributed by atoms with Gasteiger partial charge < -0.3 is 4.74 Å². The molecule has 0 aliphatic carbocycles. The molecule has 2 amide bonds. The van der Waals surface area contributed by atoms with Gasteiger partial charge in [0.2, 0.25) is 0 Å². The fraction of sp³-hybridized carbons (Fsp3) is 0.308. The van der Waals surface area contributed by atoms with Gasteiger partial charge in [0.05, 0.1) is 0 Å². The third kappa shape index (κ3) is 4.78. The summed E-state index contributed by atoms with van der Waals surface area (Å²) in [4.78, 5) is 33.9. The first kappa shape index (κ1) is 13.9. The SMILES string of the molecule is CCCCC(=O)OC(=O)NC(=O)c1ccccc1. The van der Waals surface area contributed by atoms with Crippen LogP contribution in [0.15, 0.2) is 30.3 Å². The van der Waals surface area contributed by atoms with Crippen LogP contribution >= 0.6 is 0 Å². The lowest BCUT2D eigenvalue weighted by Gasteiger charge is -2.04. The molecule has 1 aromatic carbocycles. The minimum atomic E-state index is -1.04. The molecule has 18 heavy (non-hydrogen) atoms. The third-order valence-electron chi connectivity index (χ3n) is 2.19. The maximum atomic E-state index is 11.5. The van der Waals surface area contributed by atoms with Gasteiger partial charge in [0, 0.05) is 12.0 Å². The minimum absolute atomic E-state index is 0.170. The number of benzene rings is 1. The molecule has 1 rings (SSSR count). The van der Waals surface area contributed by atoms with E-state index in [0.29, 0.717) is 12.0 Å². The molecule has 0 aliphatic heterocycles. The number of hydrogen-bond donors (Lipinski definition) is 1. The summed E-state index contributed by atoms with van der Waals surface area (Å²) in [5.41, 5.74) is 0.329. The number of amides is 2. The van der Waals surface area contributed by atoms with Crippen LogP contribution in [-0.2, 0) is 9.53 Å². The average molecular weight is 249 g/mol. The Morgan fingerprint density at radius 1 is 1.17 bits per heavy atom. The normalized spacial score (nSPS) is 9.61. The smallest absolute Gasteiger partial charge is 0.376 e. The van der Waals surface area contributed by atoms with Gasteiger partial charge in [-0.3, -0.25) is 14.9 Å². The third-order valence-corrected chi connectivity index (χ3v) is 2.19. The molecule has 0 aliphatic rings. The Morgan fingerprint density at radius 2 is 1.83 bits per heavy atom. The van der Waals surface area contributed by atoms with Crippen LogP contribution in [0.5, 0.6) is 0 Å². The first-order valence-electron chi connectivity index (χ1n) is 5.74. The number of alkyl carbamates (subject to hydrolysis) is 1. The van der Waals surface area contributed by atoms with E-state index in [9.17, 15) is 14.4 Å². The van der Waals surface area contributed by atoms with Crippen LogP contribution in [0, 0.1) is 0 Å². The number of esters is 1. The molecule has 0 fully saturated rings. The Hall–Kier alpha value is -2.17. The number of ether oxygens (including phenoxy) is 1. The van der Waals surface area contributed by atoms with E-state index in [2.05, 4.69) is 4.74 Å². The summed E-state index contributed by atoms with van der Waals surface area (Å²) in [6, 6.07) is 8.21. The summed E-state index contributed by atoms with van der Waals surface area (Å²) >= 11 is 0. The summed E-state index contributed by atoms with van der Waals surface area (Å²) in [5.74, 6) is -1.22. The molecule has 0 saturated carbocycles. The Labute approximate surface area is 105 Å². The Kier molecular flexibility index (Phi) is 5.57. The van der Waals surface area contributed by atoms with E-state index < -0.39 is 18.0 Å². The number of carbonyl (C=O) groups is 3. The standard InChI is InChI=1S/C13H15NO4/c1-2-3-9-11(15)18-13(17)14-12(16)10-7-5-4-6-8-10/h4-8H,2-3,9H2,1H3,(H,14,16,17). The molecule has 0 bridgehead atoms. The quantitative estimate of drug-likeness (QED) is 0.656. The summed E-state index contributed by atoms with van der Waals surface area (Å²) in [6.07, 6.45) is 0.618. The Bertz CT molecular complexity index is 428. The Morgan fingerprint density at radius 3 is 2.44 bits per heavy atom. The summed E-state index contributed by atoms with van der Waals surface area (Å²) in [5, 5.41) is 1.98. The van der Waals surface area contributed by atoms with Gasteiger partial charge in [0.15, 0.2) is 0 Å². The predicted molar refractivity (Wildman–Crippen MR) is 64.9 cm³/mol. The molecule has 0 aromatic heterocycles. The average Bonchev–Trinajstić information content (AvgIpc) is 2.37. The van der Waals surface area contributed by atoms with Crippen molar-refractivity contribution in [2.45, 2.75) is 26.2 Å². The van der Waals surface area contributed by atoms with Gasteiger partial charge in [0.1, 0.15) is 0 Å². The molecule has 96 valence electrons. The van der Waals surface area contributed by atoms with Crippen LogP contribution in [0.1, 0.15) is 36.5 Å². The number of carbonyl (C=O) groups excluding carboxylic acids is 3. The number of hydrogen-bond acceptors (Lipinski definition) is 4. The van der Waals surface area contributed by atoms with Crippen molar-refractivity contribution in [3.63, 3.8) is 0 Å². The predicted octanol–water partition coefficient (Wildman–Crippen LogP) is 2.27.